The summed E-state index contributed by atoms with van der Waals surface area (Å²) in [6.07, 6.45) is 0. The molecule has 0 saturated carbocycles. The first-order chi connectivity index (χ1) is 9.06. The lowest BCUT2D eigenvalue weighted by Gasteiger charge is -2.08. The number of hydrogen-bond donors (Lipinski definition) is 0. The molecule has 0 unspecified atom stereocenters. The van der Waals surface area contributed by atoms with E-state index in [1.807, 2.05) is 19.1 Å². The Bertz CT molecular complexity index is 664. The smallest absolute Gasteiger partial charge is 0.356 e. The molecule has 19 heavy (non-hydrogen) atoms. The number of nitrogens with zero attached hydrogens (tertiary/aromatic N) is 1. The number of aryl methyl sites for hydroxylation is 1. The lowest BCUT2D eigenvalue weighted by atomic mass is 10.1. The molecule has 1 aromatic heterocycles. The fourth-order valence-electron chi connectivity index (χ4n) is 1.83. The minimum atomic E-state index is -0.590. The molecular formula is C14H13NO4. The van der Waals surface area contributed by atoms with Crippen molar-refractivity contribution in [2.24, 2.45) is 0 Å². The minimum Gasteiger partial charge on any atom is -0.465 e. The first kappa shape index (κ1) is 13.0. The van der Waals surface area contributed by atoms with Crippen LogP contribution in [0.3, 0.4) is 0 Å². The van der Waals surface area contributed by atoms with Crippen LogP contribution >= 0.6 is 0 Å². The molecule has 1 aromatic carbocycles. The Kier molecular flexibility index (Phi) is 3.46. The number of fused-ring (bicyclic) bond motifs is 1. The Morgan fingerprint density at radius 2 is 1.74 bits per heavy atom. The van der Waals surface area contributed by atoms with Gasteiger partial charge in [-0.15, -0.1) is 0 Å². The summed E-state index contributed by atoms with van der Waals surface area (Å²) in [5.41, 5.74) is 1.93. The van der Waals surface area contributed by atoms with Crippen molar-refractivity contribution in [3.8, 4) is 0 Å². The molecule has 98 valence electrons. The average Bonchev–Trinajstić information content (AvgIpc) is 2.44. The van der Waals surface area contributed by atoms with Gasteiger partial charge in [0, 0.05) is 5.39 Å². The summed E-state index contributed by atoms with van der Waals surface area (Å²) in [6, 6.07) is 6.83. The zero-order valence-corrected chi connectivity index (χ0v) is 10.9. The lowest BCUT2D eigenvalue weighted by Crippen LogP contribution is -2.09. The van der Waals surface area contributed by atoms with Crippen molar-refractivity contribution >= 4 is 22.8 Å². The maximum Gasteiger partial charge on any atom is 0.356 e. The molecule has 0 saturated heterocycles. The molecule has 0 spiro atoms. The Morgan fingerprint density at radius 3 is 2.37 bits per heavy atom. The Morgan fingerprint density at radius 1 is 1.05 bits per heavy atom. The van der Waals surface area contributed by atoms with E-state index in [1.54, 1.807) is 6.07 Å². The second-order valence-corrected chi connectivity index (χ2v) is 4.06. The van der Waals surface area contributed by atoms with E-state index in [0.29, 0.717) is 16.5 Å². The Labute approximate surface area is 110 Å². The highest BCUT2D eigenvalue weighted by Gasteiger charge is 2.17. The van der Waals surface area contributed by atoms with Crippen LogP contribution in [-0.4, -0.2) is 31.1 Å². The quantitative estimate of drug-likeness (QED) is 0.773. The Balaban J connectivity index is 2.76. The summed E-state index contributed by atoms with van der Waals surface area (Å²) >= 11 is 0. The summed E-state index contributed by atoms with van der Waals surface area (Å²) in [5.74, 6) is -1.10. The molecule has 0 aliphatic carbocycles. The molecule has 0 fully saturated rings. The van der Waals surface area contributed by atoms with Gasteiger partial charge in [-0.2, -0.15) is 0 Å². The molecule has 0 atom stereocenters. The third kappa shape index (κ3) is 2.40. The zero-order valence-electron chi connectivity index (χ0n) is 10.9. The predicted octanol–water partition coefficient (Wildman–Crippen LogP) is 2.12. The number of esters is 2. The maximum absolute atomic E-state index is 11.8. The second kappa shape index (κ2) is 5.06. The number of rotatable bonds is 2. The van der Waals surface area contributed by atoms with Gasteiger partial charge in [-0.1, -0.05) is 11.6 Å². The van der Waals surface area contributed by atoms with Crippen LogP contribution in [0, 0.1) is 6.92 Å². The molecule has 0 radical (unpaired) electrons. The molecule has 2 rings (SSSR count). The second-order valence-electron chi connectivity index (χ2n) is 4.06. The highest BCUT2D eigenvalue weighted by atomic mass is 16.5. The third-order valence-corrected chi connectivity index (χ3v) is 2.76. The van der Waals surface area contributed by atoms with Gasteiger partial charge in [0.2, 0.25) is 0 Å². The summed E-state index contributed by atoms with van der Waals surface area (Å²) in [4.78, 5) is 27.5. The largest absolute Gasteiger partial charge is 0.465 e. The topological polar surface area (TPSA) is 65.5 Å². The highest BCUT2D eigenvalue weighted by Crippen LogP contribution is 2.21. The molecule has 5 nitrogen and oxygen atoms in total. The first-order valence-electron chi connectivity index (χ1n) is 5.65. The Hall–Kier alpha value is -2.43. The van der Waals surface area contributed by atoms with Gasteiger partial charge in [-0.3, -0.25) is 0 Å². The van der Waals surface area contributed by atoms with Crippen molar-refractivity contribution < 1.29 is 19.1 Å². The van der Waals surface area contributed by atoms with Crippen LogP contribution in [0.15, 0.2) is 24.3 Å². The van der Waals surface area contributed by atoms with E-state index in [-0.39, 0.29) is 5.69 Å². The average molecular weight is 259 g/mol. The maximum atomic E-state index is 11.8. The van der Waals surface area contributed by atoms with Gasteiger partial charge in [-0.05, 0) is 25.1 Å². The first-order valence-corrected chi connectivity index (χ1v) is 5.65. The van der Waals surface area contributed by atoms with Gasteiger partial charge in [0.15, 0.2) is 0 Å². The van der Waals surface area contributed by atoms with Crippen LogP contribution in [-0.2, 0) is 9.47 Å². The van der Waals surface area contributed by atoms with Gasteiger partial charge in [0.25, 0.3) is 0 Å². The summed E-state index contributed by atoms with van der Waals surface area (Å²) in [5, 5.41) is 0.652. The van der Waals surface area contributed by atoms with Crippen molar-refractivity contribution in [1.82, 2.24) is 4.98 Å². The van der Waals surface area contributed by atoms with Gasteiger partial charge >= 0.3 is 11.9 Å². The van der Waals surface area contributed by atoms with Crippen molar-refractivity contribution in [2.45, 2.75) is 6.92 Å². The van der Waals surface area contributed by atoms with Crippen LogP contribution in [0.1, 0.15) is 26.4 Å². The van der Waals surface area contributed by atoms with Crippen molar-refractivity contribution in [1.29, 1.82) is 0 Å². The molecule has 0 aliphatic heterocycles. The summed E-state index contributed by atoms with van der Waals surface area (Å²) < 4.78 is 9.36. The van der Waals surface area contributed by atoms with Crippen molar-refractivity contribution in [2.75, 3.05) is 14.2 Å². The highest BCUT2D eigenvalue weighted by molar-refractivity contribution is 6.05. The van der Waals surface area contributed by atoms with E-state index in [2.05, 4.69) is 9.72 Å². The fourth-order valence-corrected chi connectivity index (χ4v) is 1.83. The third-order valence-electron chi connectivity index (χ3n) is 2.76. The van der Waals surface area contributed by atoms with E-state index in [0.717, 1.165) is 5.56 Å². The molecule has 2 aromatic rings. The zero-order chi connectivity index (χ0) is 14.0. The summed E-state index contributed by atoms with van der Waals surface area (Å²) in [7, 11) is 2.56. The van der Waals surface area contributed by atoms with Crippen molar-refractivity contribution in [3.63, 3.8) is 0 Å². The van der Waals surface area contributed by atoms with Crippen LogP contribution < -0.4 is 0 Å². The number of benzene rings is 1. The van der Waals surface area contributed by atoms with Gasteiger partial charge < -0.3 is 9.47 Å². The standard InChI is InChI=1S/C14H13NO4/c1-8-4-5-11-9(6-8)10(13(16)18-2)7-12(15-11)14(17)19-3/h4-7H,1-3H3. The number of methoxy groups -OCH3 is 2. The number of hydrogen-bond acceptors (Lipinski definition) is 5. The van der Waals surface area contributed by atoms with E-state index in [1.165, 1.54) is 20.3 Å². The molecule has 0 N–H and O–H groups in total. The SMILES string of the molecule is COC(=O)c1cc(C(=O)OC)c2cc(C)ccc2n1. The van der Waals surface area contributed by atoms with Crippen molar-refractivity contribution in [3.05, 3.63) is 41.1 Å². The number of pyridine rings is 1. The molecule has 1 heterocycles. The van der Waals surface area contributed by atoms with E-state index in [4.69, 9.17) is 4.74 Å². The van der Waals surface area contributed by atoms with Gasteiger partial charge in [0.05, 0.1) is 25.3 Å². The predicted molar refractivity (Wildman–Crippen MR) is 69.2 cm³/mol. The van der Waals surface area contributed by atoms with E-state index < -0.39 is 11.9 Å². The number of carbonyl (C=O) groups excluding carboxylic acids is 2. The molecule has 0 bridgehead atoms. The van der Waals surface area contributed by atoms with Gasteiger partial charge in [0.1, 0.15) is 5.69 Å². The number of ether oxygens (including phenoxy) is 2. The van der Waals surface area contributed by atoms with Crippen LogP contribution in [0.5, 0.6) is 0 Å². The van der Waals surface area contributed by atoms with Crippen LogP contribution in [0.2, 0.25) is 0 Å². The summed E-state index contributed by atoms with van der Waals surface area (Å²) in [6.45, 7) is 1.91. The number of carbonyl (C=O) groups is 2. The lowest BCUT2D eigenvalue weighted by molar-refractivity contribution is 0.0594. The monoisotopic (exact) mass is 259 g/mol. The van der Waals surface area contributed by atoms with E-state index in [9.17, 15) is 9.59 Å². The van der Waals surface area contributed by atoms with Crippen LogP contribution in [0.25, 0.3) is 10.9 Å². The molecule has 0 aliphatic rings. The minimum absolute atomic E-state index is 0.0826. The number of aromatic nitrogens is 1. The van der Waals surface area contributed by atoms with E-state index >= 15 is 0 Å². The molecule has 0 amide bonds. The van der Waals surface area contributed by atoms with Crippen LogP contribution in [0.4, 0.5) is 0 Å². The molecule has 5 heteroatoms. The molecular weight excluding hydrogens is 246 g/mol. The fraction of sp³-hybridized carbons (Fsp3) is 0.214. The van der Waals surface area contributed by atoms with Gasteiger partial charge in [-0.25, -0.2) is 14.6 Å². The normalized spacial score (nSPS) is 10.3.